The Morgan fingerprint density at radius 1 is 1.35 bits per heavy atom. The second kappa shape index (κ2) is 8.43. The molecule has 1 unspecified atom stereocenters. The van der Waals surface area contributed by atoms with E-state index in [0.29, 0.717) is 13.2 Å². The van der Waals surface area contributed by atoms with E-state index in [-0.39, 0.29) is 11.9 Å². The first-order valence-electron chi connectivity index (χ1n) is 6.76. The zero-order valence-corrected chi connectivity index (χ0v) is 12.7. The van der Waals surface area contributed by atoms with Crippen LogP contribution in [0.15, 0.2) is 18.2 Å². The third-order valence-electron chi connectivity index (χ3n) is 3.00. The van der Waals surface area contributed by atoms with Gasteiger partial charge in [-0.25, -0.2) is 0 Å². The molecule has 0 saturated carbocycles. The van der Waals surface area contributed by atoms with Gasteiger partial charge in [0.1, 0.15) is 11.8 Å². The standard InChI is InChI=1S/C15H24N2O3/c1-11-10-13(6-7-14(11)20-4)17-12(2)15(18)16-8-5-9-19-3/h6-7,10,12,17H,5,8-9H2,1-4H3,(H,16,18). The summed E-state index contributed by atoms with van der Waals surface area (Å²) in [6.07, 6.45) is 0.816. The van der Waals surface area contributed by atoms with E-state index in [1.54, 1.807) is 14.2 Å². The fraction of sp³-hybridized carbons (Fsp3) is 0.533. The lowest BCUT2D eigenvalue weighted by Crippen LogP contribution is -2.38. The number of rotatable bonds is 8. The van der Waals surface area contributed by atoms with Crippen molar-refractivity contribution in [3.63, 3.8) is 0 Å². The van der Waals surface area contributed by atoms with Crippen LogP contribution in [0.2, 0.25) is 0 Å². The zero-order chi connectivity index (χ0) is 15.0. The molecule has 0 aliphatic carbocycles. The molecule has 0 aromatic heterocycles. The smallest absolute Gasteiger partial charge is 0.242 e. The van der Waals surface area contributed by atoms with E-state index >= 15 is 0 Å². The van der Waals surface area contributed by atoms with Gasteiger partial charge in [0, 0.05) is 25.9 Å². The minimum absolute atomic E-state index is 0.0189. The molecule has 1 aromatic rings. The quantitative estimate of drug-likeness (QED) is 0.715. The predicted octanol–water partition coefficient (Wildman–Crippen LogP) is 1.96. The number of nitrogens with one attached hydrogen (secondary N) is 2. The third-order valence-corrected chi connectivity index (χ3v) is 3.00. The molecule has 0 fully saturated rings. The molecule has 0 bridgehead atoms. The highest BCUT2D eigenvalue weighted by molar-refractivity contribution is 5.84. The predicted molar refractivity (Wildman–Crippen MR) is 80.3 cm³/mol. The van der Waals surface area contributed by atoms with Crippen LogP contribution in [0.4, 0.5) is 5.69 Å². The van der Waals surface area contributed by atoms with Crippen LogP contribution in [0.25, 0.3) is 0 Å². The molecule has 5 heteroatoms. The van der Waals surface area contributed by atoms with Gasteiger partial charge in [-0.15, -0.1) is 0 Å². The molecule has 1 rings (SSSR count). The Morgan fingerprint density at radius 3 is 2.70 bits per heavy atom. The normalized spacial score (nSPS) is 11.8. The molecule has 2 N–H and O–H groups in total. The van der Waals surface area contributed by atoms with Crippen LogP contribution < -0.4 is 15.4 Å². The van der Waals surface area contributed by atoms with Crippen LogP contribution in [0, 0.1) is 6.92 Å². The van der Waals surface area contributed by atoms with Gasteiger partial charge in [0.15, 0.2) is 0 Å². The molecule has 20 heavy (non-hydrogen) atoms. The van der Waals surface area contributed by atoms with E-state index in [2.05, 4.69) is 10.6 Å². The van der Waals surface area contributed by atoms with Crippen LogP contribution in [0.5, 0.6) is 5.75 Å². The summed E-state index contributed by atoms with van der Waals surface area (Å²) in [6.45, 7) is 5.09. The number of carbonyl (C=O) groups excluding carboxylic acids is 1. The maximum absolute atomic E-state index is 11.9. The number of methoxy groups -OCH3 is 2. The average Bonchev–Trinajstić information content (AvgIpc) is 2.43. The van der Waals surface area contributed by atoms with E-state index in [4.69, 9.17) is 9.47 Å². The van der Waals surface area contributed by atoms with Crippen LogP contribution >= 0.6 is 0 Å². The van der Waals surface area contributed by atoms with Crippen LogP contribution in [0.3, 0.4) is 0 Å². The summed E-state index contributed by atoms with van der Waals surface area (Å²) in [7, 11) is 3.30. The maximum atomic E-state index is 11.9. The maximum Gasteiger partial charge on any atom is 0.242 e. The summed E-state index contributed by atoms with van der Waals surface area (Å²) in [5.41, 5.74) is 1.94. The Morgan fingerprint density at radius 2 is 2.10 bits per heavy atom. The van der Waals surface area contributed by atoms with Gasteiger partial charge in [0.05, 0.1) is 7.11 Å². The van der Waals surface area contributed by atoms with Crippen molar-refractivity contribution in [1.82, 2.24) is 5.32 Å². The van der Waals surface area contributed by atoms with Crippen molar-refractivity contribution in [3.05, 3.63) is 23.8 Å². The molecule has 112 valence electrons. The van der Waals surface area contributed by atoms with Gasteiger partial charge in [-0.05, 0) is 44.0 Å². The largest absolute Gasteiger partial charge is 0.496 e. The Bertz CT molecular complexity index is 435. The summed E-state index contributed by atoms with van der Waals surface area (Å²) in [4.78, 5) is 11.9. The highest BCUT2D eigenvalue weighted by Gasteiger charge is 2.12. The first kappa shape index (κ1) is 16.3. The van der Waals surface area contributed by atoms with Crippen molar-refractivity contribution in [1.29, 1.82) is 0 Å². The topological polar surface area (TPSA) is 59.6 Å². The number of carbonyl (C=O) groups is 1. The summed E-state index contributed by atoms with van der Waals surface area (Å²) < 4.78 is 10.1. The molecule has 0 spiro atoms. The minimum atomic E-state index is -0.287. The van der Waals surface area contributed by atoms with Gasteiger partial charge in [-0.2, -0.15) is 0 Å². The minimum Gasteiger partial charge on any atom is -0.496 e. The Balaban J connectivity index is 2.46. The van der Waals surface area contributed by atoms with Gasteiger partial charge >= 0.3 is 0 Å². The first-order chi connectivity index (χ1) is 9.58. The summed E-state index contributed by atoms with van der Waals surface area (Å²) in [5.74, 6) is 0.821. The highest BCUT2D eigenvalue weighted by atomic mass is 16.5. The summed E-state index contributed by atoms with van der Waals surface area (Å²) in [6, 6.07) is 5.47. The number of hydrogen-bond donors (Lipinski definition) is 2. The number of hydrogen-bond acceptors (Lipinski definition) is 4. The molecule has 0 saturated heterocycles. The molecule has 0 aliphatic rings. The van der Waals surface area contributed by atoms with Crippen LogP contribution in [0.1, 0.15) is 18.9 Å². The third kappa shape index (κ3) is 5.09. The van der Waals surface area contributed by atoms with E-state index in [1.165, 1.54) is 0 Å². The second-order valence-electron chi connectivity index (χ2n) is 4.69. The van der Waals surface area contributed by atoms with Crippen molar-refractivity contribution in [2.75, 3.05) is 32.7 Å². The van der Waals surface area contributed by atoms with Crippen molar-refractivity contribution in [2.24, 2.45) is 0 Å². The molecule has 5 nitrogen and oxygen atoms in total. The van der Waals surface area contributed by atoms with E-state index in [9.17, 15) is 4.79 Å². The van der Waals surface area contributed by atoms with E-state index in [0.717, 1.165) is 23.4 Å². The lowest BCUT2D eigenvalue weighted by Gasteiger charge is -2.16. The van der Waals surface area contributed by atoms with Crippen molar-refractivity contribution in [2.45, 2.75) is 26.3 Å². The Labute approximate surface area is 120 Å². The van der Waals surface area contributed by atoms with Crippen molar-refractivity contribution in [3.8, 4) is 5.75 Å². The van der Waals surface area contributed by atoms with Gasteiger partial charge in [-0.3, -0.25) is 4.79 Å². The number of anilines is 1. The number of benzene rings is 1. The molecular weight excluding hydrogens is 256 g/mol. The average molecular weight is 280 g/mol. The lowest BCUT2D eigenvalue weighted by molar-refractivity contribution is -0.121. The number of amides is 1. The Kier molecular flexibility index (Phi) is 6.87. The highest BCUT2D eigenvalue weighted by Crippen LogP contribution is 2.21. The SMILES string of the molecule is COCCCNC(=O)C(C)Nc1ccc(OC)c(C)c1. The molecule has 0 radical (unpaired) electrons. The monoisotopic (exact) mass is 280 g/mol. The lowest BCUT2D eigenvalue weighted by atomic mass is 10.2. The number of ether oxygens (including phenoxy) is 2. The molecule has 1 amide bonds. The first-order valence-corrected chi connectivity index (χ1v) is 6.76. The number of aryl methyl sites for hydroxylation is 1. The summed E-state index contributed by atoms with van der Waals surface area (Å²) >= 11 is 0. The van der Waals surface area contributed by atoms with Crippen molar-refractivity contribution >= 4 is 11.6 Å². The molecule has 0 heterocycles. The zero-order valence-electron chi connectivity index (χ0n) is 12.7. The molecular formula is C15H24N2O3. The van der Waals surface area contributed by atoms with Crippen LogP contribution in [-0.2, 0) is 9.53 Å². The van der Waals surface area contributed by atoms with E-state index in [1.807, 2.05) is 32.0 Å². The second-order valence-corrected chi connectivity index (χ2v) is 4.69. The van der Waals surface area contributed by atoms with Gasteiger partial charge in [-0.1, -0.05) is 0 Å². The molecule has 1 aromatic carbocycles. The Hall–Kier alpha value is -1.75. The molecule has 0 aliphatic heterocycles. The molecule has 1 atom stereocenters. The van der Waals surface area contributed by atoms with Crippen molar-refractivity contribution < 1.29 is 14.3 Å². The fourth-order valence-electron chi connectivity index (χ4n) is 1.86. The van der Waals surface area contributed by atoms with Crippen LogP contribution in [-0.4, -0.2) is 39.3 Å². The summed E-state index contributed by atoms with van der Waals surface area (Å²) in [5, 5.41) is 6.04. The van der Waals surface area contributed by atoms with Gasteiger partial charge in [0.25, 0.3) is 0 Å². The van der Waals surface area contributed by atoms with E-state index < -0.39 is 0 Å². The van der Waals surface area contributed by atoms with Gasteiger partial charge in [0.2, 0.25) is 5.91 Å². The van der Waals surface area contributed by atoms with Gasteiger partial charge < -0.3 is 20.1 Å². The fourth-order valence-corrected chi connectivity index (χ4v) is 1.86.